The summed E-state index contributed by atoms with van der Waals surface area (Å²) in [5.41, 5.74) is 0.577. The van der Waals surface area contributed by atoms with E-state index in [0.717, 1.165) is 12.1 Å². The topological polar surface area (TPSA) is 96.3 Å². The van der Waals surface area contributed by atoms with Crippen molar-refractivity contribution >= 4 is 17.8 Å². The number of urea groups is 1. The largest absolute Gasteiger partial charge is 0.339 e. The fourth-order valence-corrected chi connectivity index (χ4v) is 4.60. The third-order valence-electron chi connectivity index (χ3n) is 6.41. The molecular formula is C23H29N5O3. The van der Waals surface area contributed by atoms with Crippen molar-refractivity contribution < 1.29 is 14.4 Å². The highest BCUT2D eigenvalue weighted by Crippen LogP contribution is 2.35. The summed E-state index contributed by atoms with van der Waals surface area (Å²) < 4.78 is 1.69. The van der Waals surface area contributed by atoms with Gasteiger partial charge in [0.25, 0.3) is 11.8 Å². The van der Waals surface area contributed by atoms with Crippen molar-refractivity contribution in [1.29, 1.82) is 0 Å². The standard InChI is InChI=1S/C23H29N5O3/c1-16(2)8-11-23(21(30)25-22(31)26-23)18-9-12-27(13-10-18)20(29)17-14-24-28(15-17)19-6-4-3-5-7-19/h3-7,14-16,18H,8-13H2,1-2H3,(H2,25,26,30,31)/t23-/m0/s1. The molecule has 2 fully saturated rings. The third-order valence-corrected chi connectivity index (χ3v) is 6.41. The van der Waals surface area contributed by atoms with Crippen LogP contribution in [0.1, 0.15) is 49.9 Å². The number of likely N-dealkylation sites (tertiary alicyclic amines) is 1. The van der Waals surface area contributed by atoms with Crippen LogP contribution in [-0.2, 0) is 4.79 Å². The van der Waals surface area contributed by atoms with E-state index in [1.54, 1.807) is 17.1 Å². The zero-order valence-electron chi connectivity index (χ0n) is 18.0. The molecule has 2 aliphatic rings. The number of amides is 4. The summed E-state index contributed by atoms with van der Waals surface area (Å²) in [7, 11) is 0. The maximum absolute atomic E-state index is 13.0. The van der Waals surface area contributed by atoms with E-state index < -0.39 is 11.6 Å². The van der Waals surface area contributed by atoms with Crippen LogP contribution < -0.4 is 10.6 Å². The predicted molar refractivity (Wildman–Crippen MR) is 116 cm³/mol. The molecule has 1 aromatic carbocycles. The Hall–Kier alpha value is -3.16. The first kappa shape index (κ1) is 21.1. The SMILES string of the molecule is CC(C)CC[C@@]1(C2CCN(C(=O)c3cnn(-c4ccccc4)c3)CC2)NC(=O)NC1=O. The minimum Gasteiger partial charge on any atom is -0.339 e. The van der Waals surface area contributed by atoms with Gasteiger partial charge in [0.1, 0.15) is 5.54 Å². The normalized spacial score (nSPS) is 22.0. The quantitative estimate of drug-likeness (QED) is 0.699. The van der Waals surface area contributed by atoms with Gasteiger partial charge in [0, 0.05) is 19.3 Å². The maximum atomic E-state index is 13.0. The van der Waals surface area contributed by atoms with Crippen molar-refractivity contribution in [2.75, 3.05) is 13.1 Å². The summed E-state index contributed by atoms with van der Waals surface area (Å²) >= 11 is 0. The van der Waals surface area contributed by atoms with Crippen LogP contribution in [0, 0.1) is 11.8 Å². The fourth-order valence-electron chi connectivity index (χ4n) is 4.60. The Morgan fingerprint density at radius 2 is 1.90 bits per heavy atom. The molecule has 1 aromatic heterocycles. The molecule has 2 aromatic rings. The molecule has 2 saturated heterocycles. The minimum absolute atomic E-state index is 0.00814. The van der Waals surface area contributed by atoms with Gasteiger partial charge in [-0.05, 0) is 49.7 Å². The van der Waals surface area contributed by atoms with Gasteiger partial charge in [-0.15, -0.1) is 0 Å². The zero-order valence-corrected chi connectivity index (χ0v) is 18.0. The van der Waals surface area contributed by atoms with Crippen LogP contribution in [0.2, 0.25) is 0 Å². The number of aromatic nitrogens is 2. The molecule has 31 heavy (non-hydrogen) atoms. The van der Waals surface area contributed by atoms with Gasteiger partial charge >= 0.3 is 6.03 Å². The lowest BCUT2D eigenvalue weighted by atomic mass is 9.74. The molecule has 0 bridgehead atoms. The van der Waals surface area contributed by atoms with Crippen molar-refractivity contribution in [3.63, 3.8) is 0 Å². The van der Waals surface area contributed by atoms with Crippen LogP contribution in [0.5, 0.6) is 0 Å². The molecule has 4 amide bonds. The number of carbonyl (C=O) groups is 3. The molecule has 0 radical (unpaired) electrons. The first-order valence-corrected chi connectivity index (χ1v) is 10.9. The van der Waals surface area contributed by atoms with Gasteiger partial charge in [0.15, 0.2) is 0 Å². The molecule has 2 aliphatic heterocycles. The summed E-state index contributed by atoms with van der Waals surface area (Å²) in [6.07, 6.45) is 6.15. The van der Waals surface area contributed by atoms with E-state index in [1.165, 1.54) is 0 Å². The Morgan fingerprint density at radius 1 is 1.19 bits per heavy atom. The number of piperidine rings is 1. The van der Waals surface area contributed by atoms with Crippen LogP contribution in [0.15, 0.2) is 42.7 Å². The summed E-state index contributed by atoms with van der Waals surface area (Å²) in [5, 5.41) is 9.67. The summed E-state index contributed by atoms with van der Waals surface area (Å²) in [6.45, 7) is 5.32. The van der Waals surface area contributed by atoms with Gasteiger partial charge < -0.3 is 10.2 Å². The third kappa shape index (κ3) is 4.19. The Morgan fingerprint density at radius 3 is 2.52 bits per heavy atom. The molecule has 0 saturated carbocycles. The van der Waals surface area contributed by atoms with E-state index in [4.69, 9.17) is 0 Å². The molecule has 164 valence electrons. The fraction of sp³-hybridized carbons (Fsp3) is 0.478. The smallest absolute Gasteiger partial charge is 0.322 e. The molecule has 1 atom stereocenters. The molecule has 2 N–H and O–H groups in total. The average molecular weight is 424 g/mol. The van der Waals surface area contributed by atoms with E-state index in [2.05, 4.69) is 29.6 Å². The second-order valence-electron chi connectivity index (χ2n) is 8.89. The van der Waals surface area contributed by atoms with E-state index in [1.807, 2.05) is 35.2 Å². The lowest BCUT2D eigenvalue weighted by Crippen LogP contribution is -2.56. The van der Waals surface area contributed by atoms with Gasteiger partial charge in [0.2, 0.25) is 0 Å². The lowest BCUT2D eigenvalue weighted by Gasteiger charge is -2.41. The summed E-state index contributed by atoms with van der Waals surface area (Å²) in [5.74, 6) is 0.155. The number of nitrogens with one attached hydrogen (secondary N) is 2. The molecule has 3 heterocycles. The maximum Gasteiger partial charge on any atom is 0.322 e. The highest BCUT2D eigenvalue weighted by Gasteiger charge is 2.52. The monoisotopic (exact) mass is 423 g/mol. The van der Waals surface area contributed by atoms with Crippen LogP contribution >= 0.6 is 0 Å². The van der Waals surface area contributed by atoms with Crippen LogP contribution in [0.25, 0.3) is 5.69 Å². The highest BCUT2D eigenvalue weighted by atomic mass is 16.2. The molecular weight excluding hydrogens is 394 g/mol. The molecule has 0 unspecified atom stereocenters. The minimum atomic E-state index is -0.866. The van der Waals surface area contributed by atoms with Crippen LogP contribution in [-0.4, -0.2) is 51.2 Å². The number of carbonyl (C=O) groups excluding carboxylic acids is 3. The zero-order chi connectivity index (χ0) is 22.0. The van der Waals surface area contributed by atoms with Crippen molar-refractivity contribution in [1.82, 2.24) is 25.3 Å². The molecule has 8 heteroatoms. The van der Waals surface area contributed by atoms with Gasteiger partial charge in [0.05, 0.1) is 17.4 Å². The highest BCUT2D eigenvalue weighted by molar-refractivity contribution is 6.07. The number of hydrogen-bond donors (Lipinski definition) is 2. The van der Waals surface area contributed by atoms with E-state index in [0.29, 0.717) is 43.8 Å². The van der Waals surface area contributed by atoms with Crippen molar-refractivity contribution in [3.8, 4) is 5.69 Å². The van der Waals surface area contributed by atoms with Gasteiger partial charge in [-0.2, -0.15) is 5.10 Å². The number of hydrogen-bond acceptors (Lipinski definition) is 4. The molecule has 0 aliphatic carbocycles. The summed E-state index contributed by atoms with van der Waals surface area (Å²) in [6, 6.07) is 9.24. The van der Waals surface area contributed by atoms with Gasteiger partial charge in [-0.25, -0.2) is 9.48 Å². The first-order chi connectivity index (χ1) is 14.9. The Bertz CT molecular complexity index is 963. The second-order valence-corrected chi connectivity index (χ2v) is 8.89. The number of imide groups is 1. The molecule has 4 rings (SSSR count). The van der Waals surface area contributed by atoms with Crippen molar-refractivity contribution in [3.05, 3.63) is 48.3 Å². The number of benzene rings is 1. The Labute approximate surface area is 182 Å². The lowest BCUT2D eigenvalue weighted by molar-refractivity contribution is -0.127. The second kappa shape index (κ2) is 8.53. The first-order valence-electron chi connectivity index (χ1n) is 10.9. The van der Waals surface area contributed by atoms with E-state index in [9.17, 15) is 14.4 Å². The molecule has 8 nitrogen and oxygen atoms in total. The summed E-state index contributed by atoms with van der Waals surface area (Å²) in [4.78, 5) is 39.4. The predicted octanol–water partition coefficient (Wildman–Crippen LogP) is 2.74. The van der Waals surface area contributed by atoms with Crippen LogP contribution in [0.3, 0.4) is 0 Å². The van der Waals surface area contributed by atoms with Crippen molar-refractivity contribution in [2.45, 2.75) is 45.1 Å². The Kier molecular flexibility index (Phi) is 5.80. The number of para-hydroxylation sites is 1. The van der Waals surface area contributed by atoms with Crippen LogP contribution in [0.4, 0.5) is 4.79 Å². The number of nitrogens with zero attached hydrogens (tertiary/aromatic N) is 3. The van der Waals surface area contributed by atoms with E-state index >= 15 is 0 Å². The Balaban J connectivity index is 1.43. The van der Waals surface area contributed by atoms with E-state index in [-0.39, 0.29) is 17.7 Å². The molecule has 0 spiro atoms. The number of rotatable bonds is 6. The van der Waals surface area contributed by atoms with Crippen molar-refractivity contribution in [2.24, 2.45) is 11.8 Å². The average Bonchev–Trinajstić information content (AvgIpc) is 3.37. The van der Waals surface area contributed by atoms with Gasteiger partial charge in [-0.1, -0.05) is 32.0 Å². The van der Waals surface area contributed by atoms with Gasteiger partial charge in [-0.3, -0.25) is 14.9 Å².